The largest absolute Gasteiger partial charge is 0.398 e. The van der Waals surface area contributed by atoms with Crippen LogP contribution in [0.25, 0.3) is 11.1 Å². The van der Waals surface area contributed by atoms with Crippen LogP contribution >= 0.6 is 23.2 Å². The van der Waals surface area contributed by atoms with E-state index in [9.17, 15) is 23.2 Å². The fraction of sp³-hybridized carbons (Fsp3) is 0.0476. The number of rotatable bonds is 6. The number of primary amides is 1. The molecule has 8 nitrogen and oxygen atoms in total. The fourth-order valence-electron chi connectivity index (χ4n) is 2.83. The Kier molecular flexibility index (Phi) is 7.10. The predicted octanol–water partition coefficient (Wildman–Crippen LogP) is 3.38. The molecule has 0 aliphatic heterocycles. The molecule has 12 heteroatoms. The van der Waals surface area contributed by atoms with Crippen molar-refractivity contribution in [2.75, 3.05) is 17.6 Å². The fourth-order valence-corrected chi connectivity index (χ4v) is 3.33. The summed E-state index contributed by atoms with van der Waals surface area (Å²) < 4.78 is 28.0. The van der Waals surface area contributed by atoms with Gasteiger partial charge in [-0.2, -0.15) is 0 Å². The van der Waals surface area contributed by atoms with Gasteiger partial charge < -0.3 is 22.1 Å². The first kappa shape index (κ1) is 23.9. The lowest BCUT2D eigenvalue weighted by atomic mass is 10.0. The zero-order valence-corrected chi connectivity index (χ0v) is 18.1. The molecule has 3 aromatic rings. The number of carbonyl (C=O) groups is 3. The predicted molar refractivity (Wildman–Crippen MR) is 120 cm³/mol. The lowest BCUT2D eigenvalue weighted by Crippen LogP contribution is -2.33. The van der Waals surface area contributed by atoms with Gasteiger partial charge in [0.05, 0.1) is 34.0 Å². The molecule has 6 N–H and O–H groups in total. The monoisotopic (exact) mass is 493 g/mol. The molecule has 0 unspecified atom stereocenters. The number of nitrogen functional groups attached to an aromatic ring is 1. The normalized spacial score (nSPS) is 10.5. The van der Waals surface area contributed by atoms with E-state index in [1.54, 1.807) is 0 Å². The third-order valence-electron chi connectivity index (χ3n) is 4.34. The molecule has 33 heavy (non-hydrogen) atoms. The molecule has 0 bridgehead atoms. The Hall–Kier alpha value is -3.76. The van der Waals surface area contributed by atoms with E-state index >= 15 is 0 Å². The topological polar surface area (TPSA) is 140 Å². The van der Waals surface area contributed by atoms with E-state index in [1.165, 1.54) is 18.2 Å². The number of amides is 3. The van der Waals surface area contributed by atoms with Crippen LogP contribution in [0.4, 0.5) is 20.2 Å². The number of hydrogen-bond acceptors (Lipinski definition) is 5. The van der Waals surface area contributed by atoms with Gasteiger partial charge in [0, 0.05) is 16.8 Å². The molecule has 2 aromatic carbocycles. The van der Waals surface area contributed by atoms with E-state index in [2.05, 4.69) is 15.6 Å². The summed E-state index contributed by atoms with van der Waals surface area (Å²) in [5, 5.41) is 4.47. The Morgan fingerprint density at radius 2 is 1.70 bits per heavy atom. The summed E-state index contributed by atoms with van der Waals surface area (Å²) in [7, 11) is 0. The third-order valence-corrected chi connectivity index (χ3v) is 4.94. The minimum atomic E-state index is -0.805. The van der Waals surface area contributed by atoms with Crippen molar-refractivity contribution in [2.24, 2.45) is 5.73 Å². The first-order valence-corrected chi connectivity index (χ1v) is 9.90. The molecule has 0 aliphatic carbocycles. The second kappa shape index (κ2) is 9.80. The number of aromatic nitrogens is 1. The van der Waals surface area contributed by atoms with Crippen molar-refractivity contribution in [2.45, 2.75) is 0 Å². The maximum absolute atomic E-state index is 14.7. The van der Waals surface area contributed by atoms with Crippen molar-refractivity contribution in [1.29, 1.82) is 0 Å². The summed E-state index contributed by atoms with van der Waals surface area (Å²) >= 11 is 12.2. The minimum absolute atomic E-state index is 0.00263. The van der Waals surface area contributed by atoms with Crippen LogP contribution in [0.5, 0.6) is 0 Å². The molecule has 1 aromatic heterocycles. The van der Waals surface area contributed by atoms with E-state index in [1.807, 2.05) is 0 Å². The summed E-state index contributed by atoms with van der Waals surface area (Å²) in [6, 6.07) is 6.81. The highest BCUT2D eigenvalue weighted by Gasteiger charge is 2.19. The van der Waals surface area contributed by atoms with Gasteiger partial charge in [-0.1, -0.05) is 23.2 Å². The van der Waals surface area contributed by atoms with Gasteiger partial charge in [0.25, 0.3) is 11.8 Å². The second-order valence-electron chi connectivity index (χ2n) is 6.70. The highest BCUT2D eigenvalue weighted by Crippen LogP contribution is 2.33. The van der Waals surface area contributed by atoms with Crippen LogP contribution in [0.1, 0.15) is 20.8 Å². The second-order valence-corrected chi connectivity index (χ2v) is 7.52. The van der Waals surface area contributed by atoms with Crippen LogP contribution in [0.2, 0.25) is 10.0 Å². The van der Waals surface area contributed by atoms with Crippen LogP contribution in [0, 0.1) is 11.6 Å². The SMILES string of the molecule is NC(=O)CNC(=O)c1ncc(NC(=O)c2cc(F)c(-c3ccc(F)cc3N)cc2Cl)cc1Cl. The molecule has 3 amide bonds. The minimum Gasteiger partial charge on any atom is -0.398 e. The maximum atomic E-state index is 14.7. The third kappa shape index (κ3) is 5.54. The molecule has 0 fully saturated rings. The van der Waals surface area contributed by atoms with Crippen molar-refractivity contribution in [3.63, 3.8) is 0 Å². The van der Waals surface area contributed by atoms with Gasteiger partial charge in [-0.05, 0) is 36.4 Å². The number of halogens is 4. The van der Waals surface area contributed by atoms with Gasteiger partial charge >= 0.3 is 0 Å². The van der Waals surface area contributed by atoms with Crippen LogP contribution in [-0.4, -0.2) is 29.3 Å². The number of nitrogens with two attached hydrogens (primary N) is 2. The Morgan fingerprint density at radius 1 is 0.970 bits per heavy atom. The molecule has 170 valence electrons. The van der Waals surface area contributed by atoms with Crippen molar-refractivity contribution in [3.05, 3.63) is 75.5 Å². The van der Waals surface area contributed by atoms with Gasteiger partial charge in [0.1, 0.15) is 17.3 Å². The van der Waals surface area contributed by atoms with Crippen molar-refractivity contribution < 1.29 is 23.2 Å². The molecule has 0 spiro atoms. The van der Waals surface area contributed by atoms with E-state index in [4.69, 9.17) is 34.7 Å². The number of nitrogens with zero attached hydrogens (tertiary/aromatic N) is 1. The van der Waals surface area contributed by atoms with Crippen molar-refractivity contribution >= 4 is 52.3 Å². The maximum Gasteiger partial charge on any atom is 0.271 e. The molecular formula is C21H15Cl2F2N5O3. The van der Waals surface area contributed by atoms with Gasteiger partial charge in [-0.25, -0.2) is 13.8 Å². The summed E-state index contributed by atoms with van der Waals surface area (Å²) in [5.74, 6) is -3.65. The number of pyridine rings is 1. The molecule has 0 radical (unpaired) electrons. The summed E-state index contributed by atoms with van der Waals surface area (Å²) in [5.41, 5.74) is 10.6. The summed E-state index contributed by atoms with van der Waals surface area (Å²) in [6.45, 7) is -0.404. The lowest BCUT2D eigenvalue weighted by Gasteiger charge is -2.12. The molecule has 0 saturated carbocycles. The Bertz CT molecular complexity index is 1290. The van der Waals surface area contributed by atoms with Gasteiger partial charge in [0.2, 0.25) is 5.91 Å². The number of carbonyl (C=O) groups excluding carboxylic acids is 3. The molecular weight excluding hydrogens is 479 g/mol. The van der Waals surface area contributed by atoms with Gasteiger partial charge in [-0.3, -0.25) is 14.4 Å². The first-order chi connectivity index (χ1) is 15.6. The zero-order valence-electron chi connectivity index (χ0n) is 16.6. The Morgan fingerprint density at radius 3 is 2.33 bits per heavy atom. The molecule has 0 aliphatic rings. The quantitative estimate of drug-likeness (QED) is 0.389. The summed E-state index contributed by atoms with van der Waals surface area (Å²) in [4.78, 5) is 39.2. The standard InChI is InChI=1S/C21H15Cl2F2N5O3/c22-14-5-12(11-2-1-9(24)3-17(11)26)16(25)6-13(14)20(32)30-10-4-15(23)19(28-7-10)21(33)29-8-18(27)31/h1-7H,8,26H2,(H2,27,31)(H,29,33)(H,30,32). The average molecular weight is 494 g/mol. The molecule has 0 saturated heterocycles. The summed E-state index contributed by atoms with van der Waals surface area (Å²) in [6.07, 6.45) is 1.14. The van der Waals surface area contributed by atoms with E-state index in [0.717, 1.165) is 24.4 Å². The van der Waals surface area contributed by atoms with E-state index in [0.29, 0.717) is 0 Å². The Labute approximate surface area is 195 Å². The molecule has 0 atom stereocenters. The van der Waals surface area contributed by atoms with Crippen LogP contribution < -0.4 is 22.1 Å². The first-order valence-electron chi connectivity index (χ1n) is 9.14. The van der Waals surface area contributed by atoms with Crippen molar-refractivity contribution in [3.8, 4) is 11.1 Å². The average Bonchev–Trinajstić information content (AvgIpc) is 2.73. The smallest absolute Gasteiger partial charge is 0.271 e. The van der Waals surface area contributed by atoms with E-state index < -0.39 is 35.9 Å². The van der Waals surface area contributed by atoms with Crippen LogP contribution in [0.15, 0.2) is 42.6 Å². The number of benzene rings is 2. The van der Waals surface area contributed by atoms with E-state index in [-0.39, 0.29) is 43.8 Å². The molecule has 1 heterocycles. The number of nitrogens with one attached hydrogen (secondary N) is 2. The molecule has 3 rings (SSSR count). The zero-order chi connectivity index (χ0) is 24.3. The van der Waals surface area contributed by atoms with Crippen LogP contribution in [0.3, 0.4) is 0 Å². The number of anilines is 2. The Balaban J connectivity index is 1.82. The lowest BCUT2D eigenvalue weighted by molar-refractivity contribution is -0.117. The number of hydrogen-bond donors (Lipinski definition) is 4. The van der Waals surface area contributed by atoms with Gasteiger partial charge in [-0.15, -0.1) is 0 Å². The highest BCUT2D eigenvalue weighted by molar-refractivity contribution is 6.35. The van der Waals surface area contributed by atoms with Gasteiger partial charge in [0.15, 0.2) is 0 Å². The highest BCUT2D eigenvalue weighted by atomic mass is 35.5. The van der Waals surface area contributed by atoms with Crippen molar-refractivity contribution in [1.82, 2.24) is 10.3 Å². The van der Waals surface area contributed by atoms with Crippen LogP contribution in [-0.2, 0) is 4.79 Å².